The number of hydrogen-bond donors (Lipinski definition) is 2. The highest BCUT2D eigenvalue weighted by atomic mass is 16.4. The Morgan fingerprint density at radius 3 is 2.77 bits per heavy atom. The zero-order valence-corrected chi connectivity index (χ0v) is 14.6. The van der Waals surface area contributed by atoms with Gasteiger partial charge in [-0.2, -0.15) is 0 Å². The fourth-order valence-corrected chi connectivity index (χ4v) is 3.34. The van der Waals surface area contributed by atoms with E-state index in [1.807, 2.05) is 19.3 Å². The monoisotopic (exact) mass is 351 g/mol. The molecule has 0 spiro atoms. The molecule has 0 fully saturated rings. The second kappa shape index (κ2) is 6.76. The molecule has 7 nitrogen and oxygen atoms in total. The van der Waals surface area contributed by atoms with Crippen LogP contribution in [0, 0.1) is 6.92 Å². The molecule has 0 bridgehead atoms. The second-order valence-corrected chi connectivity index (χ2v) is 6.59. The van der Waals surface area contributed by atoms with E-state index in [1.165, 1.54) is 0 Å². The van der Waals surface area contributed by atoms with Crippen molar-refractivity contribution in [3.05, 3.63) is 59.4 Å². The van der Waals surface area contributed by atoms with E-state index in [4.69, 9.17) is 10.1 Å². The number of carbonyl (C=O) groups is 1. The summed E-state index contributed by atoms with van der Waals surface area (Å²) in [6.07, 6.45) is 4.77. The SMILES string of the molecule is Cc1nccn1CCN1CCc2nc(-c3ccc(C(=O)O)cc3)[nH]c2C1. The van der Waals surface area contributed by atoms with Crippen molar-refractivity contribution in [1.29, 1.82) is 0 Å². The number of nitrogens with one attached hydrogen (secondary N) is 1. The third-order valence-electron chi connectivity index (χ3n) is 4.90. The quantitative estimate of drug-likeness (QED) is 0.737. The van der Waals surface area contributed by atoms with Crippen molar-refractivity contribution < 1.29 is 9.90 Å². The zero-order chi connectivity index (χ0) is 18.1. The van der Waals surface area contributed by atoms with Crippen LogP contribution in [-0.2, 0) is 19.5 Å². The highest BCUT2D eigenvalue weighted by Gasteiger charge is 2.20. The Kier molecular flexibility index (Phi) is 4.30. The van der Waals surface area contributed by atoms with Crippen molar-refractivity contribution in [1.82, 2.24) is 24.4 Å². The van der Waals surface area contributed by atoms with Crippen molar-refractivity contribution in [3.63, 3.8) is 0 Å². The normalized spacial score (nSPS) is 14.3. The Morgan fingerprint density at radius 1 is 1.27 bits per heavy atom. The van der Waals surface area contributed by atoms with Crippen molar-refractivity contribution in [2.75, 3.05) is 13.1 Å². The molecule has 3 heterocycles. The molecule has 0 saturated heterocycles. The van der Waals surface area contributed by atoms with E-state index in [0.717, 1.165) is 61.2 Å². The number of carboxylic acid groups (broad SMARTS) is 1. The lowest BCUT2D eigenvalue weighted by Crippen LogP contribution is -2.33. The smallest absolute Gasteiger partial charge is 0.335 e. The van der Waals surface area contributed by atoms with Crippen LogP contribution in [0.15, 0.2) is 36.7 Å². The van der Waals surface area contributed by atoms with Crippen LogP contribution < -0.4 is 0 Å². The molecule has 0 saturated carbocycles. The third kappa shape index (κ3) is 3.25. The lowest BCUT2D eigenvalue weighted by Gasteiger charge is -2.26. The molecule has 1 aromatic carbocycles. The number of aromatic nitrogens is 4. The van der Waals surface area contributed by atoms with Gasteiger partial charge in [0.25, 0.3) is 0 Å². The molecular weight excluding hydrogens is 330 g/mol. The summed E-state index contributed by atoms with van der Waals surface area (Å²) >= 11 is 0. The molecule has 0 unspecified atom stereocenters. The summed E-state index contributed by atoms with van der Waals surface area (Å²) in [5, 5.41) is 9.01. The Hall–Kier alpha value is -2.93. The van der Waals surface area contributed by atoms with Gasteiger partial charge in [0.05, 0.1) is 17.0 Å². The van der Waals surface area contributed by atoms with E-state index in [2.05, 4.69) is 19.4 Å². The molecule has 26 heavy (non-hydrogen) atoms. The highest BCUT2D eigenvalue weighted by molar-refractivity contribution is 5.88. The van der Waals surface area contributed by atoms with Crippen molar-refractivity contribution in [3.8, 4) is 11.4 Å². The van der Waals surface area contributed by atoms with E-state index < -0.39 is 5.97 Å². The minimum Gasteiger partial charge on any atom is -0.478 e. The molecule has 7 heteroatoms. The average molecular weight is 351 g/mol. The molecule has 1 aliphatic heterocycles. The number of aromatic amines is 1. The van der Waals surface area contributed by atoms with Gasteiger partial charge in [-0.15, -0.1) is 0 Å². The molecule has 0 amide bonds. The number of benzene rings is 1. The first-order valence-corrected chi connectivity index (χ1v) is 8.72. The van der Waals surface area contributed by atoms with Gasteiger partial charge in [-0.25, -0.2) is 14.8 Å². The number of hydrogen-bond acceptors (Lipinski definition) is 4. The van der Waals surface area contributed by atoms with E-state index in [-0.39, 0.29) is 5.56 Å². The van der Waals surface area contributed by atoms with E-state index >= 15 is 0 Å². The maximum atomic E-state index is 11.0. The predicted molar refractivity (Wildman–Crippen MR) is 96.9 cm³/mol. The maximum absolute atomic E-state index is 11.0. The number of fused-ring (bicyclic) bond motifs is 1. The van der Waals surface area contributed by atoms with Crippen molar-refractivity contribution >= 4 is 5.97 Å². The number of nitrogens with zero attached hydrogens (tertiary/aromatic N) is 4. The number of H-pyrrole nitrogens is 1. The van der Waals surface area contributed by atoms with Gasteiger partial charge in [0.15, 0.2) is 0 Å². The van der Waals surface area contributed by atoms with Gasteiger partial charge in [-0.1, -0.05) is 12.1 Å². The van der Waals surface area contributed by atoms with Crippen LogP contribution in [0.1, 0.15) is 27.6 Å². The number of aromatic carboxylic acids is 1. The van der Waals surface area contributed by atoms with Crippen molar-refractivity contribution in [2.24, 2.45) is 0 Å². The van der Waals surface area contributed by atoms with Crippen LogP contribution in [0.5, 0.6) is 0 Å². The van der Waals surface area contributed by atoms with Crippen LogP contribution in [0.2, 0.25) is 0 Å². The molecule has 0 radical (unpaired) electrons. The standard InChI is InChI=1S/C19H21N5O2/c1-13-20-7-9-24(13)11-10-23-8-6-16-17(12-23)22-18(21-16)14-2-4-15(5-3-14)19(25)26/h2-5,7,9H,6,8,10-12H2,1H3,(H,21,22)(H,25,26). The first-order chi connectivity index (χ1) is 12.6. The van der Waals surface area contributed by atoms with Gasteiger partial charge in [0, 0.05) is 50.6 Å². The van der Waals surface area contributed by atoms with Crippen LogP contribution in [0.25, 0.3) is 11.4 Å². The highest BCUT2D eigenvalue weighted by Crippen LogP contribution is 2.23. The molecule has 3 aromatic rings. The van der Waals surface area contributed by atoms with Gasteiger partial charge in [-0.05, 0) is 19.1 Å². The number of rotatable bonds is 5. The summed E-state index contributed by atoms with van der Waals surface area (Å²) in [5.41, 5.74) is 3.45. The first-order valence-electron chi connectivity index (χ1n) is 8.72. The third-order valence-corrected chi connectivity index (χ3v) is 4.90. The molecule has 0 aliphatic carbocycles. The second-order valence-electron chi connectivity index (χ2n) is 6.59. The van der Waals surface area contributed by atoms with E-state index in [0.29, 0.717) is 0 Å². The Morgan fingerprint density at radius 2 is 2.08 bits per heavy atom. The molecular formula is C19H21N5O2. The fourth-order valence-electron chi connectivity index (χ4n) is 3.34. The van der Waals surface area contributed by atoms with Gasteiger partial charge < -0.3 is 14.7 Å². The first kappa shape index (κ1) is 16.5. The molecule has 2 N–H and O–H groups in total. The Bertz CT molecular complexity index is 926. The summed E-state index contributed by atoms with van der Waals surface area (Å²) < 4.78 is 2.16. The summed E-state index contributed by atoms with van der Waals surface area (Å²) in [5.74, 6) is 0.926. The van der Waals surface area contributed by atoms with E-state index in [9.17, 15) is 4.79 Å². The van der Waals surface area contributed by atoms with Crippen LogP contribution >= 0.6 is 0 Å². The molecule has 1 aliphatic rings. The molecule has 4 rings (SSSR count). The minimum atomic E-state index is -0.918. The van der Waals surface area contributed by atoms with Crippen molar-refractivity contribution in [2.45, 2.75) is 26.4 Å². The van der Waals surface area contributed by atoms with E-state index in [1.54, 1.807) is 24.3 Å². The van der Waals surface area contributed by atoms with Crippen LogP contribution in [0.4, 0.5) is 0 Å². The number of carboxylic acids is 1. The maximum Gasteiger partial charge on any atom is 0.335 e. The summed E-state index contributed by atoms with van der Waals surface area (Å²) in [6.45, 7) is 5.76. The Balaban J connectivity index is 1.45. The largest absolute Gasteiger partial charge is 0.478 e. The molecule has 0 atom stereocenters. The van der Waals surface area contributed by atoms with Gasteiger partial charge in [-0.3, -0.25) is 4.90 Å². The zero-order valence-electron chi connectivity index (χ0n) is 14.6. The fraction of sp³-hybridized carbons (Fsp3) is 0.316. The predicted octanol–water partition coefficient (Wildman–Crippen LogP) is 2.34. The summed E-state index contributed by atoms with van der Waals surface area (Å²) in [7, 11) is 0. The van der Waals surface area contributed by atoms with Gasteiger partial charge in [0.1, 0.15) is 11.6 Å². The van der Waals surface area contributed by atoms with Crippen LogP contribution in [-0.4, -0.2) is 48.6 Å². The van der Waals surface area contributed by atoms with Crippen LogP contribution in [0.3, 0.4) is 0 Å². The molecule has 134 valence electrons. The Labute approximate surface area is 151 Å². The minimum absolute atomic E-state index is 0.283. The summed E-state index contributed by atoms with van der Waals surface area (Å²) in [6, 6.07) is 6.82. The lowest BCUT2D eigenvalue weighted by atomic mass is 10.1. The van der Waals surface area contributed by atoms with Gasteiger partial charge >= 0.3 is 5.97 Å². The average Bonchev–Trinajstić information content (AvgIpc) is 3.25. The number of imidazole rings is 2. The van der Waals surface area contributed by atoms with Gasteiger partial charge in [0.2, 0.25) is 0 Å². The lowest BCUT2D eigenvalue weighted by molar-refractivity contribution is 0.0697. The topological polar surface area (TPSA) is 87.0 Å². The number of aryl methyl sites for hydroxylation is 1. The summed E-state index contributed by atoms with van der Waals surface area (Å²) in [4.78, 5) is 25.8. The molecule has 2 aromatic heterocycles.